The largest absolute Gasteiger partial charge is 0.343 e. The molecule has 0 saturated carbocycles. The maximum Gasteiger partial charge on any atom is 0.207 e. The summed E-state index contributed by atoms with van der Waals surface area (Å²) in [7, 11) is 0. The van der Waals surface area contributed by atoms with E-state index < -0.39 is 17.4 Å². The average Bonchev–Trinajstić information content (AvgIpc) is 2.67. The van der Waals surface area contributed by atoms with Crippen LogP contribution in [-0.2, 0) is 15.3 Å². The predicted molar refractivity (Wildman–Crippen MR) is 53.7 cm³/mol. The minimum absolute atomic E-state index is 0.221. The molecule has 0 amide bonds. The van der Waals surface area contributed by atoms with Gasteiger partial charge in [0, 0.05) is 11.6 Å². The van der Waals surface area contributed by atoms with Gasteiger partial charge in [-0.3, -0.25) is 0 Å². The van der Waals surface area contributed by atoms with Crippen LogP contribution in [-0.4, -0.2) is 18.5 Å². The molecule has 5 heteroatoms. The van der Waals surface area contributed by atoms with Crippen molar-refractivity contribution in [3.8, 4) is 0 Å². The summed E-state index contributed by atoms with van der Waals surface area (Å²) in [6.45, 7) is 0.810. The van der Waals surface area contributed by atoms with Crippen LogP contribution in [0.5, 0.6) is 0 Å². The third-order valence-corrected chi connectivity index (χ3v) is 3.01. The lowest BCUT2D eigenvalue weighted by Gasteiger charge is -2.25. The first kappa shape index (κ1) is 11.0. The summed E-state index contributed by atoms with van der Waals surface area (Å²) >= 11 is 3.21. The normalized spacial score (nSPS) is 19.4. The molecule has 15 heavy (non-hydrogen) atoms. The van der Waals surface area contributed by atoms with E-state index in [1.165, 1.54) is 12.1 Å². The van der Waals surface area contributed by atoms with Gasteiger partial charge in [-0.25, -0.2) is 8.78 Å². The minimum atomic E-state index is -1.11. The molecule has 0 atom stereocenters. The highest BCUT2D eigenvalue weighted by atomic mass is 79.9. The van der Waals surface area contributed by atoms with Crippen LogP contribution in [0.15, 0.2) is 18.2 Å². The second-order valence-corrected chi connectivity index (χ2v) is 3.77. The molecule has 2 rings (SSSR count). The number of benzene rings is 1. The zero-order chi connectivity index (χ0) is 10.9. The number of ether oxygens (including phenoxy) is 2. The summed E-state index contributed by atoms with van der Waals surface area (Å²) < 4.78 is 37.0. The fourth-order valence-corrected chi connectivity index (χ4v) is 2.18. The van der Waals surface area contributed by atoms with Crippen molar-refractivity contribution >= 4 is 15.9 Å². The fourth-order valence-electron chi connectivity index (χ4n) is 1.56. The molecule has 0 aliphatic carbocycles. The van der Waals surface area contributed by atoms with E-state index in [4.69, 9.17) is 9.47 Å². The summed E-state index contributed by atoms with van der Waals surface area (Å²) in [4.78, 5) is 0. The molecule has 0 bridgehead atoms. The monoisotopic (exact) mass is 278 g/mol. The minimum Gasteiger partial charge on any atom is -0.343 e. The highest BCUT2D eigenvalue weighted by Gasteiger charge is 2.39. The third-order valence-electron chi connectivity index (χ3n) is 2.27. The molecule has 2 nitrogen and oxygen atoms in total. The Bertz CT molecular complexity index is 364. The Hall–Kier alpha value is -0.520. The molecular weight excluding hydrogens is 270 g/mol. The van der Waals surface area contributed by atoms with Crippen molar-refractivity contribution in [2.24, 2.45) is 0 Å². The Morgan fingerprint density at radius 2 is 1.93 bits per heavy atom. The van der Waals surface area contributed by atoms with Gasteiger partial charge in [-0.05, 0) is 12.1 Å². The molecule has 0 N–H and O–H groups in total. The summed E-state index contributed by atoms with van der Waals surface area (Å²) in [6.07, 6.45) is 0. The summed E-state index contributed by atoms with van der Waals surface area (Å²) in [5.74, 6) is -2.38. The molecule has 1 aliphatic heterocycles. The van der Waals surface area contributed by atoms with Crippen molar-refractivity contribution in [2.45, 2.75) is 5.79 Å². The third kappa shape index (κ3) is 1.91. The second-order valence-electron chi connectivity index (χ2n) is 3.21. The second kappa shape index (κ2) is 4.15. The average molecular weight is 279 g/mol. The Balaban J connectivity index is 2.42. The van der Waals surface area contributed by atoms with Crippen molar-refractivity contribution < 1.29 is 18.3 Å². The van der Waals surface area contributed by atoms with Crippen LogP contribution >= 0.6 is 15.9 Å². The van der Waals surface area contributed by atoms with Gasteiger partial charge in [0.15, 0.2) is 0 Å². The van der Waals surface area contributed by atoms with Crippen LogP contribution in [0.3, 0.4) is 0 Å². The van der Waals surface area contributed by atoms with Gasteiger partial charge in [0.05, 0.1) is 18.5 Å². The highest BCUT2D eigenvalue weighted by molar-refractivity contribution is 9.09. The van der Waals surface area contributed by atoms with Crippen molar-refractivity contribution in [3.05, 3.63) is 35.4 Å². The van der Waals surface area contributed by atoms with Crippen molar-refractivity contribution in [2.75, 3.05) is 18.5 Å². The zero-order valence-corrected chi connectivity index (χ0v) is 9.39. The maximum absolute atomic E-state index is 13.5. The number of rotatable bonds is 2. The van der Waals surface area contributed by atoms with E-state index in [1.54, 1.807) is 0 Å². The lowest BCUT2D eigenvalue weighted by molar-refractivity contribution is -0.146. The first-order chi connectivity index (χ1) is 7.18. The Kier molecular flexibility index (Phi) is 3.04. The smallest absolute Gasteiger partial charge is 0.207 e. The topological polar surface area (TPSA) is 18.5 Å². The molecule has 1 heterocycles. The van der Waals surface area contributed by atoms with E-state index in [0.717, 1.165) is 6.07 Å². The quantitative estimate of drug-likeness (QED) is 0.775. The van der Waals surface area contributed by atoms with Gasteiger partial charge in [-0.2, -0.15) is 0 Å². The number of halogens is 3. The lowest BCUT2D eigenvalue weighted by Crippen LogP contribution is -2.30. The predicted octanol–water partition coefficient (Wildman–Crippen LogP) is 2.56. The number of alkyl halides is 1. The molecule has 1 fully saturated rings. The molecule has 1 aromatic rings. The molecule has 1 aliphatic rings. The summed E-state index contributed by atoms with van der Waals surface area (Å²) in [5, 5.41) is 0.308. The first-order valence-electron chi connectivity index (χ1n) is 4.47. The molecular formula is C10H9BrF2O2. The van der Waals surface area contributed by atoms with E-state index in [1.807, 2.05) is 0 Å². The number of hydrogen-bond acceptors (Lipinski definition) is 2. The molecule has 0 spiro atoms. The highest BCUT2D eigenvalue weighted by Crippen LogP contribution is 2.34. The molecule has 0 aromatic heterocycles. The van der Waals surface area contributed by atoms with E-state index in [2.05, 4.69) is 15.9 Å². The van der Waals surface area contributed by atoms with Gasteiger partial charge in [0.1, 0.15) is 11.6 Å². The molecule has 1 saturated heterocycles. The maximum atomic E-state index is 13.5. The first-order valence-corrected chi connectivity index (χ1v) is 5.59. The van der Waals surface area contributed by atoms with E-state index in [9.17, 15) is 8.78 Å². The molecule has 1 aromatic carbocycles. The van der Waals surface area contributed by atoms with Gasteiger partial charge >= 0.3 is 0 Å². The van der Waals surface area contributed by atoms with Crippen LogP contribution in [0.25, 0.3) is 0 Å². The molecule has 0 radical (unpaired) electrons. The SMILES string of the molecule is Fc1ccc(C2(CBr)OCCO2)c(F)c1. The Morgan fingerprint density at radius 1 is 1.27 bits per heavy atom. The van der Waals surface area contributed by atoms with Crippen LogP contribution in [0, 0.1) is 11.6 Å². The lowest BCUT2D eigenvalue weighted by atomic mass is 10.1. The molecule has 0 unspecified atom stereocenters. The van der Waals surface area contributed by atoms with Crippen LogP contribution in [0.2, 0.25) is 0 Å². The Labute approximate surface area is 94.3 Å². The van der Waals surface area contributed by atoms with Crippen molar-refractivity contribution in [3.63, 3.8) is 0 Å². The van der Waals surface area contributed by atoms with E-state index in [-0.39, 0.29) is 5.56 Å². The van der Waals surface area contributed by atoms with Crippen molar-refractivity contribution in [1.82, 2.24) is 0 Å². The van der Waals surface area contributed by atoms with Gasteiger partial charge in [0.2, 0.25) is 5.79 Å². The van der Waals surface area contributed by atoms with E-state index >= 15 is 0 Å². The standard InChI is InChI=1S/C10H9BrF2O2/c11-6-10(14-3-4-15-10)8-2-1-7(12)5-9(8)13/h1-2,5H,3-4,6H2. The van der Waals surface area contributed by atoms with E-state index in [0.29, 0.717) is 18.5 Å². The molecule has 82 valence electrons. The van der Waals surface area contributed by atoms with Gasteiger partial charge in [0.25, 0.3) is 0 Å². The summed E-state index contributed by atoms with van der Waals surface area (Å²) in [5.41, 5.74) is 0.221. The van der Waals surface area contributed by atoms with Crippen LogP contribution in [0.4, 0.5) is 8.78 Å². The fraction of sp³-hybridized carbons (Fsp3) is 0.400. The van der Waals surface area contributed by atoms with Crippen LogP contribution in [0.1, 0.15) is 5.56 Å². The van der Waals surface area contributed by atoms with Crippen molar-refractivity contribution in [1.29, 1.82) is 0 Å². The van der Waals surface area contributed by atoms with Gasteiger partial charge in [-0.1, -0.05) is 15.9 Å². The zero-order valence-electron chi connectivity index (χ0n) is 7.80. The summed E-state index contributed by atoms with van der Waals surface area (Å²) in [6, 6.07) is 3.36. The van der Waals surface area contributed by atoms with Gasteiger partial charge < -0.3 is 9.47 Å². The number of hydrogen-bond donors (Lipinski definition) is 0. The van der Waals surface area contributed by atoms with Crippen LogP contribution < -0.4 is 0 Å². The Morgan fingerprint density at radius 3 is 2.47 bits per heavy atom. The van der Waals surface area contributed by atoms with Gasteiger partial charge in [-0.15, -0.1) is 0 Å².